The quantitative estimate of drug-likeness (QED) is 0.585. The third-order valence-corrected chi connectivity index (χ3v) is 6.80. The van der Waals surface area contributed by atoms with Gasteiger partial charge in [0.25, 0.3) is 0 Å². The number of halogens is 1. The summed E-state index contributed by atoms with van der Waals surface area (Å²) in [6.07, 6.45) is 0.185. The van der Waals surface area contributed by atoms with Gasteiger partial charge < -0.3 is 20.7 Å². The molecule has 0 amide bonds. The number of pyridine rings is 1. The number of nitrogens with two attached hydrogens (primary N) is 1. The molecule has 0 bridgehead atoms. The van der Waals surface area contributed by atoms with E-state index in [1.807, 2.05) is 30.3 Å². The van der Waals surface area contributed by atoms with Crippen molar-refractivity contribution in [3.05, 3.63) is 94.3 Å². The summed E-state index contributed by atoms with van der Waals surface area (Å²) in [6, 6.07) is 20.1. The van der Waals surface area contributed by atoms with Gasteiger partial charge in [-0.2, -0.15) is 5.26 Å². The second kappa shape index (κ2) is 7.04. The van der Waals surface area contributed by atoms with Crippen LogP contribution < -0.4 is 10.5 Å². The maximum absolute atomic E-state index is 12.2. The van der Waals surface area contributed by atoms with Gasteiger partial charge in [0.2, 0.25) is 0 Å². The average Bonchev–Trinajstić information content (AvgIpc) is 3.16. The first-order valence-corrected chi connectivity index (χ1v) is 10.4. The fraction of sp³-hybridized carbons (Fsp3) is 0.250. The van der Waals surface area contributed by atoms with Gasteiger partial charge in [0, 0.05) is 24.1 Å². The number of hydrogen-bond acceptors (Lipinski definition) is 6. The third kappa shape index (κ3) is 2.52. The Hall–Kier alpha value is -2.95. The molecular formula is C24H20ClN3O3. The predicted octanol–water partition coefficient (Wildman–Crippen LogP) is 2.82. The first-order valence-electron chi connectivity index (χ1n) is 9.98. The lowest BCUT2D eigenvalue weighted by Gasteiger charge is -2.40. The average molecular weight is 434 g/mol. The Labute approximate surface area is 184 Å². The van der Waals surface area contributed by atoms with Crippen LogP contribution in [0.25, 0.3) is 0 Å². The van der Waals surface area contributed by atoms with Crippen molar-refractivity contribution in [1.29, 1.82) is 5.26 Å². The molecule has 5 rings (SSSR count). The molecule has 0 spiro atoms. The molecule has 7 heteroatoms. The van der Waals surface area contributed by atoms with Crippen LogP contribution in [0, 0.1) is 17.2 Å². The number of nitrogens with zero attached hydrogens (tertiary/aromatic N) is 2. The first kappa shape index (κ1) is 20.0. The van der Waals surface area contributed by atoms with Gasteiger partial charge in [0.15, 0.2) is 11.2 Å². The molecule has 4 N–H and O–H groups in total. The molecule has 2 aromatic carbocycles. The number of hydrogen-bond donors (Lipinski definition) is 3. The molecule has 0 radical (unpaired) electrons. The van der Waals surface area contributed by atoms with E-state index in [1.54, 1.807) is 30.3 Å². The zero-order valence-corrected chi connectivity index (χ0v) is 17.2. The fourth-order valence-electron chi connectivity index (χ4n) is 5.32. The molecule has 1 aromatic heterocycles. The Morgan fingerprint density at radius 3 is 2.52 bits per heavy atom. The van der Waals surface area contributed by atoms with Crippen molar-refractivity contribution < 1.29 is 14.9 Å². The van der Waals surface area contributed by atoms with Crippen LogP contribution >= 0.6 is 11.6 Å². The van der Waals surface area contributed by atoms with E-state index in [0.717, 1.165) is 5.56 Å². The van der Waals surface area contributed by atoms with E-state index >= 15 is 0 Å². The molecule has 6 nitrogen and oxygen atoms in total. The number of fused-ring (bicyclic) bond motifs is 3. The van der Waals surface area contributed by atoms with Gasteiger partial charge in [-0.15, -0.1) is 0 Å². The second-order valence-electron chi connectivity index (χ2n) is 8.03. The van der Waals surface area contributed by atoms with Crippen molar-refractivity contribution in [2.45, 2.75) is 23.2 Å². The Balaban J connectivity index is 1.84. The summed E-state index contributed by atoms with van der Waals surface area (Å²) in [5.74, 6) is -0.678. The minimum atomic E-state index is -1.87. The van der Waals surface area contributed by atoms with Crippen LogP contribution in [0.4, 0.5) is 0 Å². The summed E-state index contributed by atoms with van der Waals surface area (Å²) in [6.45, 7) is 0.132. The number of ether oxygens (including phenoxy) is 1. The van der Waals surface area contributed by atoms with E-state index in [2.05, 4.69) is 11.1 Å². The minimum Gasteiger partial charge on any atom is -0.476 e. The van der Waals surface area contributed by atoms with Crippen molar-refractivity contribution in [1.82, 2.24) is 4.98 Å². The highest BCUT2D eigenvalue weighted by atomic mass is 35.5. The van der Waals surface area contributed by atoms with Crippen LogP contribution in [-0.4, -0.2) is 27.8 Å². The molecule has 156 valence electrons. The monoisotopic (exact) mass is 433 g/mol. The maximum atomic E-state index is 12.2. The number of nitriles is 1. The van der Waals surface area contributed by atoms with Crippen molar-refractivity contribution in [2.75, 3.05) is 6.54 Å². The number of benzene rings is 2. The summed E-state index contributed by atoms with van der Waals surface area (Å²) in [7, 11) is 0. The molecule has 1 aliphatic heterocycles. The Morgan fingerprint density at radius 1 is 1.16 bits per heavy atom. The van der Waals surface area contributed by atoms with Gasteiger partial charge in [-0.1, -0.05) is 54.1 Å². The Kier molecular flexibility index (Phi) is 4.54. The van der Waals surface area contributed by atoms with Gasteiger partial charge in [-0.3, -0.25) is 4.98 Å². The number of aliphatic hydroxyl groups excluding tert-OH is 1. The smallest absolute Gasteiger partial charge is 0.181 e. The van der Waals surface area contributed by atoms with Crippen LogP contribution in [0.5, 0.6) is 5.75 Å². The molecule has 0 unspecified atom stereocenters. The van der Waals surface area contributed by atoms with Crippen LogP contribution in [0.1, 0.15) is 28.3 Å². The molecule has 2 aliphatic rings. The number of aliphatic hydroxyl groups is 2. The summed E-state index contributed by atoms with van der Waals surface area (Å²) >= 11 is 6.16. The van der Waals surface area contributed by atoms with Gasteiger partial charge in [-0.05, 0) is 29.8 Å². The van der Waals surface area contributed by atoms with Gasteiger partial charge in [0.05, 0.1) is 22.8 Å². The molecule has 31 heavy (non-hydrogen) atoms. The van der Waals surface area contributed by atoms with E-state index in [0.29, 0.717) is 21.9 Å². The molecule has 1 aliphatic carbocycles. The fourth-order valence-corrected chi connectivity index (χ4v) is 5.47. The lowest BCUT2D eigenvalue weighted by molar-refractivity contribution is -0.153. The van der Waals surface area contributed by atoms with Crippen LogP contribution in [-0.2, 0) is 11.2 Å². The van der Waals surface area contributed by atoms with Crippen molar-refractivity contribution in [2.24, 2.45) is 11.7 Å². The van der Waals surface area contributed by atoms with Gasteiger partial charge >= 0.3 is 0 Å². The zero-order valence-electron chi connectivity index (χ0n) is 16.4. The first-order chi connectivity index (χ1) is 15.0. The molecule has 5 atom stereocenters. The predicted molar refractivity (Wildman–Crippen MR) is 114 cm³/mol. The third-order valence-electron chi connectivity index (χ3n) is 6.59. The molecule has 0 saturated heterocycles. The molecule has 1 fully saturated rings. The summed E-state index contributed by atoms with van der Waals surface area (Å²) in [5, 5.41) is 33.3. The lowest BCUT2D eigenvalue weighted by Crippen LogP contribution is -2.52. The molecule has 1 saturated carbocycles. The van der Waals surface area contributed by atoms with Crippen LogP contribution in [0.3, 0.4) is 0 Å². The topological polar surface area (TPSA) is 112 Å². The standard InChI is InChI=1S/C24H20ClN3O3/c25-17-10-19-21(28-13-17)23(30)22(29)18(12-27)20(15-4-2-1-3-5-15)24(23,31-19)16-8-6-14(11-26)7-9-16/h1-10,13,18,20,22,29-30H,12,27H2/t18-,20+,22+,23-,24-/m0/s1. The maximum Gasteiger partial charge on any atom is 0.181 e. The zero-order chi connectivity index (χ0) is 21.8. The Morgan fingerprint density at radius 2 is 1.87 bits per heavy atom. The SMILES string of the molecule is N#Cc1ccc([C@@]23Oc4cc(Cl)cnc4[C@]2(O)[C@H](O)[C@@H](CN)[C@H]3c2ccccc2)cc1. The van der Waals surface area contributed by atoms with Crippen LogP contribution in [0.2, 0.25) is 5.02 Å². The summed E-state index contributed by atoms with van der Waals surface area (Å²) < 4.78 is 6.54. The van der Waals surface area contributed by atoms with E-state index in [1.165, 1.54) is 6.20 Å². The van der Waals surface area contributed by atoms with Crippen LogP contribution in [0.15, 0.2) is 66.9 Å². The van der Waals surface area contributed by atoms with E-state index < -0.39 is 29.1 Å². The lowest BCUT2D eigenvalue weighted by atomic mass is 9.71. The normalized spacial score (nSPS) is 30.9. The largest absolute Gasteiger partial charge is 0.476 e. The van der Waals surface area contributed by atoms with Gasteiger partial charge in [0.1, 0.15) is 11.4 Å². The highest BCUT2D eigenvalue weighted by Crippen LogP contribution is 2.67. The highest BCUT2D eigenvalue weighted by molar-refractivity contribution is 6.30. The van der Waals surface area contributed by atoms with Crippen molar-refractivity contribution in [3.8, 4) is 11.8 Å². The number of aromatic nitrogens is 1. The van der Waals surface area contributed by atoms with Crippen molar-refractivity contribution >= 4 is 11.6 Å². The van der Waals surface area contributed by atoms with Gasteiger partial charge in [-0.25, -0.2) is 0 Å². The molecule has 3 aromatic rings. The van der Waals surface area contributed by atoms with E-state index in [9.17, 15) is 15.5 Å². The van der Waals surface area contributed by atoms with Crippen molar-refractivity contribution in [3.63, 3.8) is 0 Å². The highest BCUT2D eigenvalue weighted by Gasteiger charge is 2.76. The Bertz CT molecular complexity index is 1180. The molecular weight excluding hydrogens is 414 g/mol. The summed E-state index contributed by atoms with van der Waals surface area (Å²) in [4.78, 5) is 4.36. The molecule has 2 heterocycles. The number of rotatable bonds is 3. The van der Waals surface area contributed by atoms with E-state index in [-0.39, 0.29) is 12.2 Å². The second-order valence-corrected chi connectivity index (χ2v) is 8.46. The minimum absolute atomic E-state index is 0.132. The summed E-state index contributed by atoms with van der Waals surface area (Å²) in [5.41, 5.74) is 5.04. The van der Waals surface area contributed by atoms with E-state index in [4.69, 9.17) is 22.1 Å².